The highest BCUT2D eigenvalue weighted by Crippen LogP contribution is 2.38. The van der Waals surface area contributed by atoms with Gasteiger partial charge in [-0.3, -0.25) is 0 Å². The average molecular weight is 261 g/mol. The van der Waals surface area contributed by atoms with E-state index in [1.165, 1.54) is 0 Å². The van der Waals surface area contributed by atoms with Crippen LogP contribution in [0.5, 0.6) is 5.75 Å². The van der Waals surface area contributed by atoms with Crippen molar-refractivity contribution in [2.45, 2.75) is 12.5 Å². The smallest absolute Gasteiger partial charge is 0.160 e. The van der Waals surface area contributed by atoms with Gasteiger partial charge in [0, 0.05) is 11.8 Å². The van der Waals surface area contributed by atoms with Gasteiger partial charge in [-0.05, 0) is 35.9 Å². The summed E-state index contributed by atoms with van der Waals surface area (Å²) in [5, 5.41) is 10.0. The lowest BCUT2D eigenvalue weighted by molar-refractivity contribution is 0.208. The minimum Gasteiger partial charge on any atom is -0.482 e. The topological polar surface area (TPSA) is 46.2 Å². The summed E-state index contributed by atoms with van der Waals surface area (Å²) >= 11 is 0. The number of rotatable bonds is 1. The van der Waals surface area contributed by atoms with Crippen molar-refractivity contribution in [3.63, 3.8) is 0 Å². The molecule has 3 heteroatoms. The molecule has 1 aromatic heterocycles. The van der Waals surface area contributed by atoms with Gasteiger partial charge in [0.2, 0.25) is 0 Å². The summed E-state index contributed by atoms with van der Waals surface area (Å²) in [6.45, 7) is 0. The normalized spacial score (nSPS) is 16.6. The first-order valence-electron chi connectivity index (χ1n) is 6.51. The molecular formula is C17H11NO2. The molecule has 3 aromatic rings. The van der Waals surface area contributed by atoms with Crippen LogP contribution in [0.4, 0.5) is 0 Å². The Kier molecular flexibility index (Phi) is 2.30. The van der Waals surface area contributed by atoms with Crippen molar-refractivity contribution >= 4 is 11.0 Å². The summed E-state index contributed by atoms with van der Waals surface area (Å²) in [5.41, 5.74) is 2.60. The molecule has 0 aliphatic carbocycles. The predicted molar refractivity (Wildman–Crippen MR) is 74.4 cm³/mol. The third kappa shape index (κ3) is 1.66. The molecule has 1 aliphatic rings. The lowest BCUT2D eigenvalue weighted by atomic mass is 10.1. The Morgan fingerprint density at radius 1 is 1.10 bits per heavy atom. The maximum atomic E-state index is 8.94. The van der Waals surface area contributed by atoms with Crippen LogP contribution in [0.3, 0.4) is 0 Å². The van der Waals surface area contributed by atoms with Gasteiger partial charge in [-0.25, -0.2) is 0 Å². The van der Waals surface area contributed by atoms with Gasteiger partial charge < -0.3 is 9.15 Å². The van der Waals surface area contributed by atoms with Crippen LogP contribution < -0.4 is 4.74 Å². The number of furan rings is 1. The fraction of sp³-hybridized carbons (Fsp3) is 0.118. The van der Waals surface area contributed by atoms with Crippen molar-refractivity contribution in [2.24, 2.45) is 0 Å². The number of ether oxygens (including phenoxy) is 1. The first-order chi connectivity index (χ1) is 9.83. The molecule has 0 bridgehead atoms. The summed E-state index contributed by atoms with van der Waals surface area (Å²) in [7, 11) is 0. The second-order valence-corrected chi connectivity index (χ2v) is 4.93. The Morgan fingerprint density at radius 2 is 2.00 bits per heavy atom. The summed E-state index contributed by atoms with van der Waals surface area (Å²) in [6.07, 6.45) is 0.636. The number of nitrogens with zero attached hydrogens (tertiary/aromatic N) is 1. The lowest BCUT2D eigenvalue weighted by Gasteiger charge is -2.06. The van der Waals surface area contributed by atoms with Crippen molar-refractivity contribution in [3.8, 4) is 11.8 Å². The van der Waals surface area contributed by atoms with Crippen LogP contribution in [-0.4, -0.2) is 0 Å². The zero-order valence-corrected chi connectivity index (χ0v) is 10.7. The number of benzene rings is 2. The maximum absolute atomic E-state index is 8.94. The van der Waals surface area contributed by atoms with Crippen LogP contribution in [0.2, 0.25) is 0 Å². The summed E-state index contributed by atoms with van der Waals surface area (Å²) in [5.74, 6) is 1.68. The van der Waals surface area contributed by atoms with Gasteiger partial charge in [-0.2, -0.15) is 5.26 Å². The minimum atomic E-state index is -0.105. The number of para-hydroxylation sites is 1. The van der Waals surface area contributed by atoms with E-state index in [1.807, 2.05) is 42.5 Å². The third-order valence-electron chi connectivity index (χ3n) is 3.63. The standard InChI is InChI=1S/C17H11NO2/c18-10-11-5-6-15-13(7-11)9-17(20-15)16-8-12-3-1-2-4-14(12)19-16/h1-8,17H,9H2. The van der Waals surface area contributed by atoms with E-state index in [-0.39, 0.29) is 6.10 Å². The Morgan fingerprint density at radius 3 is 2.85 bits per heavy atom. The van der Waals surface area contributed by atoms with Crippen LogP contribution in [0.1, 0.15) is 23.0 Å². The largest absolute Gasteiger partial charge is 0.482 e. The maximum Gasteiger partial charge on any atom is 0.160 e. The van der Waals surface area contributed by atoms with E-state index in [0.29, 0.717) is 5.56 Å². The van der Waals surface area contributed by atoms with Crippen molar-refractivity contribution < 1.29 is 9.15 Å². The van der Waals surface area contributed by atoms with Gasteiger partial charge in [0.15, 0.2) is 6.10 Å². The molecular weight excluding hydrogens is 250 g/mol. The molecule has 0 amide bonds. The van der Waals surface area contributed by atoms with Gasteiger partial charge in [0.1, 0.15) is 17.1 Å². The van der Waals surface area contributed by atoms with Crippen molar-refractivity contribution in [1.82, 2.24) is 0 Å². The molecule has 4 rings (SSSR count). The fourth-order valence-corrected chi connectivity index (χ4v) is 2.64. The van der Waals surface area contributed by atoms with E-state index < -0.39 is 0 Å². The van der Waals surface area contributed by atoms with E-state index in [4.69, 9.17) is 14.4 Å². The Balaban J connectivity index is 1.70. The zero-order chi connectivity index (χ0) is 13.5. The van der Waals surface area contributed by atoms with Crippen LogP contribution in [-0.2, 0) is 6.42 Å². The van der Waals surface area contributed by atoms with Crippen LogP contribution in [0, 0.1) is 11.3 Å². The number of nitriles is 1. The minimum absolute atomic E-state index is 0.105. The highest BCUT2D eigenvalue weighted by molar-refractivity contribution is 5.77. The number of fused-ring (bicyclic) bond motifs is 2. The van der Waals surface area contributed by atoms with Gasteiger partial charge in [0.05, 0.1) is 11.6 Å². The summed E-state index contributed by atoms with van der Waals surface area (Å²) in [4.78, 5) is 0. The zero-order valence-electron chi connectivity index (χ0n) is 10.7. The molecule has 1 aliphatic heterocycles. The van der Waals surface area contributed by atoms with Crippen LogP contribution >= 0.6 is 0 Å². The number of hydrogen-bond acceptors (Lipinski definition) is 3. The van der Waals surface area contributed by atoms with Gasteiger partial charge in [-0.1, -0.05) is 18.2 Å². The van der Waals surface area contributed by atoms with Crippen molar-refractivity contribution in [3.05, 3.63) is 65.4 Å². The molecule has 0 fully saturated rings. The van der Waals surface area contributed by atoms with E-state index >= 15 is 0 Å². The first kappa shape index (κ1) is 11.1. The predicted octanol–water partition coefficient (Wildman–Crippen LogP) is 3.98. The molecule has 1 unspecified atom stereocenters. The van der Waals surface area contributed by atoms with Crippen molar-refractivity contribution in [2.75, 3.05) is 0 Å². The van der Waals surface area contributed by atoms with Gasteiger partial charge in [-0.15, -0.1) is 0 Å². The van der Waals surface area contributed by atoms with Crippen molar-refractivity contribution in [1.29, 1.82) is 5.26 Å². The molecule has 2 heterocycles. The molecule has 20 heavy (non-hydrogen) atoms. The SMILES string of the molecule is N#Cc1ccc2c(c1)CC(c1cc3ccccc3o1)O2. The average Bonchev–Trinajstić information content (AvgIpc) is 3.09. The van der Waals surface area contributed by atoms with Gasteiger partial charge >= 0.3 is 0 Å². The number of hydrogen-bond donors (Lipinski definition) is 0. The van der Waals surface area contributed by atoms with Crippen LogP contribution in [0.15, 0.2) is 52.9 Å². The molecule has 96 valence electrons. The monoisotopic (exact) mass is 261 g/mol. The molecule has 0 saturated carbocycles. The lowest BCUT2D eigenvalue weighted by Crippen LogP contribution is -2.00. The van der Waals surface area contributed by atoms with E-state index in [2.05, 4.69) is 6.07 Å². The first-order valence-corrected chi connectivity index (χ1v) is 6.51. The molecule has 0 saturated heterocycles. The highest BCUT2D eigenvalue weighted by Gasteiger charge is 2.27. The molecule has 3 nitrogen and oxygen atoms in total. The molecule has 0 N–H and O–H groups in total. The molecule has 0 radical (unpaired) electrons. The third-order valence-corrected chi connectivity index (χ3v) is 3.63. The Hall–Kier alpha value is -2.73. The highest BCUT2D eigenvalue weighted by atomic mass is 16.5. The second kappa shape index (κ2) is 4.14. The van der Waals surface area contributed by atoms with Gasteiger partial charge in [0.25, 0.3) is 0 Å². The van der Waals surface area contributed by atoms with E-state index in [9.17, 15) is 0 Å². The summed E-state index contributed by atoms with van der Waals surface area (Å²) in [6, 6.07) is 17.6. The Bertz CT molecular complexity index is 809. The van der Waals surface area contributed by atoms with E-state index in [0.717, 1.165) is 34.5 Å². The molecule has 0 spiro atoms. The molecule has 2 aromatic carbocycles. The quantitative estimate of drug-likeness (QED) is 0.665. The molecule has 1 atom stereocenters. The second-order valence-electron chi connectivity index (χ2n) is 4.93. The van der Waals surface area contributed by atoms with Crippen LogP contribution in [0.25, 0.3) is 11.0 Å². The Labute approximate surface area is 116 Å². The summed E-state index contributed by atoms with van der Waals surface area (Å²) < 4.78 is 11.8. The fourth-order valence-electron chi connectivity index (χ4n) is 2.64. The van der Waals surface area contributed by atoms with E-state index in [1.54, 1.807) is 6.07 Å².